The molecule has 0 aromatic heterocycles. The first-order valence-electron chi connectivity index (χ1n) is 4.00. The van der Waals surface area contributed by atoms with Crippen molar-refractivity contribution in [3.05, 3.63) is 20.6 Å². The van der Waals surface area contributed by atoms with Gasteiger partial charge in [0.1, 0.15) is 0 Å². The quantitative estimate of drug-likeness (QED) is 0.546. The molecule has 2 heteroatoms. The maximum Gasteiger partial charge on any atom is -0.147 e. The molecule has 0 heterocycles. The maximum absolute atomic E-state index is 2.30. The van der Waals surface area contributed by atoms with E-state index in [-0.39, 0.29) is 12.4 Å². The van der Waals surface area contributed by atoms with Crippen molar-refractivity contribution in [3.8, 4) is 0 Å². The van der Waals surface area contributed by atoms with Crippen molar-refractivity contribution >= 4 is 12.4 Å². The van der Waals surface area contributed by atoms with E-state index in [0.717, 1.165) is 0 Å². The minimum absolute atomic E-state index is 0. The molecule has 0 unspecified atom stereocenters. The molecule has 1 aliphatic carbocycles. The van der Waals surface area contributed by atoms with Gasteiger partial charge in [-0.15, -0.1) is 12.4 Å². The molecule has 0 aliphatic heterocycles. The number of hydrogen-bond acceptors (Lipinski definition) is 0. The first-order chi connectivity index (χ1) is 4.89. The second kappa shape index (κ2) is 3.69. The van der Waals surface area contributed by atoms with Crippen LogP contribution in [0, 0.1) is 5.41 Å². The monoisotopic (exact) mass is 219 g/mol. The summed E-state index contributed by atoms with van der Waals surface area (Å²) >= 11 is 2.25. The van der Waals surface area contributed by atoms with Gasteiger partial charge in [-0.05, 0) is 0 Å². The number of halogens is 1. The minimum atomic E-state index is 0. The molecule has 0 fully saturated rings. The van der Waals surface area contributed by atoms with Crippen molar-refractivity contribution in [2.45, 2.75) is 34.6 Å². The molecule has 0 amide bonds. The van der Waals surface area contributed by atoms with Crippen molar-refractivity contribution in [1.29, 1.82) is 0 Å². The van der Waals surface area contributed by atoms with Crippen molar-refractivity contribution < 1.29 is 20.4 Å². The summed E-state index contributed by atoms with van der Waals surface area (Å²) in [4.78, 5) is 0. The van der Waals surface area contributed by atoms with Crippen LogP contribution in [0.3, 0.4) is 0 Å². The van der Waals surface area contributed by atoms with Gasteiger partial charge in [-0.1, -0.05) is 0 Å². The van der Waals surface area contributed by atoms with Crippen LogP contribution in [0.1, 0.15) is 34.6 Å². The molecule has 0 radical (unpaired) electrons. The Morgan fingerprint density at radius 1 is 1.00 bits per heavy atom. The summed E-state index contributed by atoms with van der Waals surface area (Å²) in [5.74, 6) is 0. The van der Waals surface area contributed by atoms with E-state index in [0.29, 0.717) is 5.41 Å². The molecule has 0 saturated carbocycles. The van der Waals surface area contributed by atoms with Crippen LogP contribution in [0.4, 0.5) is 0 Å². The fourth-order valence-corrected chi connectivity index (χ4v) is 2.18. The van der Waals surface area contributed by atoms with Gasteiger partial charge < -0.3 is 0 Å². The van der Waals surface area contributed by atoms with E-state index < -0.39 is 0 Å². The summed E-state index contributed by atoms with van der Waals surface area (Å²) in [5.41, 5.74) is 4.83. The molecular formula is C10H16ClTi. The standard InChI is InChI=1S/C10H15.ClH.Ti/c1-7-6-10(4,5)9(3)8(7)2;;/h1-5H3;1H;. The smallest absolute Gasteiger partial charge is 0.147 e. The van der Waals surface area contributed by atoms with Crippen LogP contribution in [0.5, 0.6) is 0 Å². The zero-order valence-corrected chi connectivity index (χ0v) is 10.8. The van der Waals surface area contributed by atoms with E-state index in [4.69, 9.17) is 0 Å². The molecule has 1 aliphatic rings. The molecule has 0 bridgehead atoms. The van der Waals surface area contributed by atoms with Gasteiger partial charge in [-0.25, -0.2) is 0 Å². The topological polar surface area (TPSA) is 0 Å². The van der Waals surface area contributed by atoms with Crippen molar-refractivity contribution in [2.75, 3.05) is 0 Å². The SMILES string of the molecule is CC1=C(C)C(C)(C)[C]([Ti])=C1C.Cl. The van der Waals surface area contributed by atoms with Crippen molar-refractivity contribution in [1.82, 2.24) is 0 Å². The summed E-state index contributed by atoms with van der Waals surface area (Å²) in [6, 6.07) is 0. The van der Waals surface area contributed by atoms with E-state index in [1.807, 2.05) is 0 Å². The average molecular weight is 220 g/mol. The molecule has 0 N–H and O–H groups in total. The Morgan fingerprint density at radius 2 is 1.42 bits per heavy atom. The van der Waals surface area contributed by atoms with Crippen LogP contribution in [-0.2, 0) is 20.4 Å². The molecule has 0 saturated heterocycles. The second-order valence-electron chi connectivity index (χ2n) is 3.88. The first-order valence-corrected chi connectivity index (χ1v) is 4.78. The van der Waals surface area contributed by atoms with Gasteiger partial charge in [0.25, 0.3) is 0 Å². The molecule has 12 heavy (non-hydrogen) atoms. The van der Waals surface area contributed by atoms with Crippen molar-refractivity contribution in [2.24, 2.45) is 5.41 Å². The van der Waals surface area contributed by atoms with Crippen LogP contribution in [-0.4, -0.2) is 0 Å². The molecule has 67 valence electrons. The largest absolute Gasteiger partial charge is 0.147 e. The second-order valence-corrected chi connectivity index (χ2v) is 4.66. The summed E-state index contributed by atoms with van der Waals surface area (Å²) < 4.78 is 1.53. The third kappa shape index (κ3) is 1.57. The maximum atomic E-state index is 2.30. The van der Waals surface area contributed by atoms with E-state index in [2.05, 4.69) is 55.1 Å². The first kappa shape index (κ1) is 12.5. The Hall–Kier alpha value is 0.484. The van der Waals surface area contributed by atoms with Gasteiger partial charge in [0.2, 0.25) is 0 Å². The summed E-state index contributed by atoms with van der Waals surface area (Å²) in [6.07, 6.45) is 0. The van der Waals surface area contributed by atoms with E-state index in [1.54, 1.807) is 0 Å². The summed E-state index contributed by atoms with van der Waals surface area (Å²) in [6.45, 7) is 11.3. The summed E-state index contributed by atoms with van der Waals surface area (Å²) in [5, 5.41) is 0. The van der Waals surface area contributed by atoms with E-state index in [1.165, 1.54) is 20.6 Å². The van der Waals surface area contributed by atoms with Gasteiger partial charge in [0.15, 0.2) is 0 Å². The minimum Gasteiger partial charge on any atom is -0.147 e. The van der Waals surface area contributed by atoms with Gasteiger partial charge >= 0.3 is 81.1 Å². The zero-order chi connectivity index (χ0) is 8.81. The Kier molecular flexibility index (Phi) is 3.84. The van der Waals surface area contributed by atoms with Crippen LogP contribution in [0.2, 0.25) is 0 Å². The van der Waals surface area contributed by atoms with E-state index >= 15 is 0 Å². The fraction of sp³-hybridized carbons (Fsp3) is 0.600. The molecule has 0 aromatic rings. The van der Waals surface area contributed by atoms with Crippen LogP contribution < -0.4 is 0 Å². The third-order valence-corrected chi connectivity index (χ3v) is 4.62. The van der Waals surface area contributed by atoms with Gasteiger partial charge in [0.05, 0.1) is 0 Å². The molecule has 0 atom stereocenters. The number of hydrogen-bond donors (Lipinski definition) is 0. The fourth-order valence-electron chi connectivity index (χ4n) is 1.59. The number of allylic oxidation sites excluding steroid dienone is 4. The predicted molar refractivity (Wildman–Crippen MR) is 52.1 cm³/mol. The van der Waals surface area contributed by atoms with E-state index in [9.17, 15) is 0 Å². The van der Waals surface area contributed by atoms with Crippen molar-refractivity contribution in [3.63, 3.8) is 0 Å². The Morgan fingerprint density at radius 3 is 1.50 bits per heavy atom. The summed E-state index contributed by atoms with van der Waals surface area (Å²) in [7, 11) is 0. The van der Waals surface area contributed by atoms with Gasteiger partial charge in [0, 0.05) is 0 Å². The average Bonchev–Trinajstić information content (AvgIpc) is 2.06. The molecule has 0 spiro atoms. The zero-order valence-electron chi connectivity index (χ0n) is 8.41. The molecule has 1 rings (SSSR count). The third-order valence-electron chi connectivity index (χ3n) is 3.06. The van der Waals surface area contributed by atoms with Gasteiger partial charge in [-0.2, -0.15) is 0 Å². The number of rotatable bonds is 0. The molecular weight excluding hydrogens is 203 g/mol. The Balaban J connectivity index is 0.00000121. The Bertz CT molecular complexity index is 233. The van der Waals surface area contributed by atoms with Gasteiger partial charge in [-0.3, -0.25) is 0 Å². The molecule has 0 nitrogen and oxygen atoms in total. The Labute approximate surface area is 93.3 Å². The van der Waals surface area contributed by atoms with Crippen LogP contribution in [0.25, 0.3) is 0 Å². The predicted octanol–water partition coefficient (Wildman–Crippen LogP) is 3.61. The van der Waals surface area contributed by atoms with Crippen LogP contribution in [0.15, 0.2) is 20.6 Å². The normalized spacial score (nSPS) is 21.3. The molecule has 0 aromatic carbocycles. The van der Waals surface area contributed by atoms with Crippen LogP contribution >= 0.6 is 12.4 Å².